The minimum Gasteiger partial charge on any atom is -0.465 e. The standard InChI is InChI=1S/C17H20N2O2S/c1-11-5-3-4-6-12(11)9-19-8-7-13-14(10-19)22-16(18)15(13)17(20)21-2/h3-6H,7-10,18H2,1-2H3. The lowest BCUT2D eigenvalue weighted by Gasteiger charge is -2.27. The predicted molar refractivity (Wildman–Crippen MR) is 89.1 cm³/mol. The van der Waals surface area contributed by atoms with Crippen LogP contribution in [0.4, 0.5) is 5.00 Å². The molecular formula is C17H20N2O2S. The second-order valence-corrected chi connectivity index (χ2v) is 6.76. The molecule has 0 saturated heterocycles. The Kier molecular flexibility index (Phi) is 4.18. The van der Waals surface area contributed by atoms with E-state index >= 15 is 0 Å². The maximum absolute atomic E-state index is 11.9. The van der Waals surface area contributed by atoms with E-state index in [0.29, 0.717) is 10.6 Å². The summed E-state index contributed by atoms with van der Waals surface area (Å²) in [6, 6.07) is 8.46. The molecule has 2 aromatic rings. The number of carbonyl (C=O) groups is 1. The summed E-state index contributed by atoms with van der Waals surface area (Å²) in [5, 5.41) is 0.578. The third-order valence-corrected chi connectivity index (χ3v) is 5.25. The average molecular weight is 316 g/mol. The molecule has 1 aromatic carbocycles. The van der Waals surface area contributed by atoms with Crippen LogP contribution < -0.4 is 5.73 Å². The molecule has 4 nitrogen and oxygen atoms in total. The van der Waals surface area contributed by atoms with Gasteiger partial charge in [0.2, 0.25) is 0 Å². The number of nitrogens with two attached hydrogens (primary N) is 1. The predicted octanol–water partition coefficient (Wildman–Crippen LogP) is 2.98. The van der Waals surface area contributed by atoms with E-state index in [1.165, 1.54) is 34.5 Å². The Labute approximate surface area is 134 Å². The molecule has 0 bridgehead atoms. The fourth-order valence-electron chi connectivity index (χ4n) is 2.97. The van der Waals surface area contributed by atoms with Crippen LogP contribution in [-0.4, -0.2) is 24.5 Å². The van der Waals surface area contributed by atoms with Crippen molar-refractivity contribution in [1.82, 2.24) is 4.90 Å². The van der Waals surface area contributed by atoms with Crippen molar-refractivity contribution in [2.75, 3.05) is 19.4 Å². The summed E-state index contributed by atoms with van der Waals surface area (Å²) in [6.45, 7) is 4.84. The second-order valence-electron chi connectivity index (χ2n) is 5.62. The highest BCUT2D eigenvalue weighted by atomic mass is 32.1. The molecule has 1 aromatic heterocycles. The topological polar surface area (TPSA) is 55.6 Å². The van der Waals surface area contributed by atoms with Gasteiger partial charge in [0.25, 0.3) is 0 Å². The highest BCUT2D eigenvalue weighted by molar-refractivity contribution is 7.16. The highest BCUT2D eigenvalue weighted by Crippen LogP contribution is 2.36. The number of thiophene rings is 1. The van der Waals surface area contributed by atoms with Crippen LogP contribution in [0.25, 0.3) is 0 Å². The van der Waals surface area contributed by atoms with Gasteiger partial charge in [-0.3, -0.25) is 4.90 Å². The molecule has 0 spiro atoms. The lowest BCUT2D eigenvalue weighted by atomic mass is 10.0. The van der Waals surface area contributed by atoms with Crippen LogP contribution in [0, 0.1) is 6.92 Å². The molecular weight excluding hydrogens is 296 g/mol. The minimum atomic E-state index is -0.317. The molecule has 0 atom stereocenters. The summed E-state index contributed by atoms with van der Waals surface area (Å²) in [5.41, 5.74) is 10.3. The van der Waals surface area contributed by atoms with Gasteiger partial charge < -0.3 is 10.5 Å². The number of ether oxygens (including phenoxy) is 1. The zero-order valence-corrected chi connectivity index (χ0v) is 13.7. The third kappa shape index (κ3) is 2.74. The lowest BCUT2D eigenvalue weighted by Crippen LogP contribution is -2.30. The number of aryl methyl sites for hydroxylation is 1. The first-order valence-corrected chi connectivity index (χ1v) is 8.17. The van der Waals surface area contributed by atoms with Crippen molar-refractivity contribution in [3.8, 4) is 0 Å². The number of anilines is 1. The number of carbonyl (C=O) groups excluding carboxylic acids is 1. The van der Waals surface area contributed by atoms with Crippen molar-refractivity contribution in [1.29, 1.82) is 0 Å². The Morgan fingerprint density at radius 3 is 2.91 bits per heavy atom. The molecule has 0 radical (unpaired) electrons. The Bertz CT molecular complexity index is 709. The molecule has 3 rings (SSSR count). The van der Waals surface area contributed by atoms with E-state index in [0.717, 1.165) is 31.6 Å². The fourth-order valence-corrected chi connectivity index (χ4v) is 4.12. The zero-order chi connectivity index (χ0) is 15.7. The van der Waals surface area contributed by atoms with Gasteiger partial charge in [-0.05, 0) is 30.0 Å². The molecule has 0 unspecified atom stereocenters. The second kappa shape index (κ2) is 6.10. The normalized spacial score (nSPS) is 14.6. The molecule has 0 saturated carbocycles. The summed E-state index contributed by atoms with van der Waals surface area (Å²) in [7, 11) is 1.40. The Morgan fingerprint density at radius 2 is 2.18 bits per heavy atom. The molecule has 0 fully saturated rings. The summed E-state index contributed by atoms with van der Waals surface area (Å²) >= 11 is 1.51. The van der Waals surface area contributed by atoms with E-state index in [2.05, 4.69) is 36.1 Å². The van der Waals surface area contributed by atoms with Gasteiger partial charge in [0.15, 0.2) is 0 Å². The molecule has 2 N–H and O–H groups in total. The van der Waals surface area contributed by atoms with Gasteiger partial charge in [0, 0.05) is 24.5 Å². The number of benzene rings is 1. The van der Waals surface area contributed by atoms with Gasteiger partial charge in [-0.1, -0.05) is 24.3 Å². The zero-order valence-electron chi connectivity index (χ0n) is 12.9. The van der Waals surface area contributed by atoms with Gasteiger partial charge >= 0.3 is 5.97 Å². The van der Waals surface area contributed by atoms with Gasteiger partial charge in [-0.2, -0.15) is 0 Å². The molecule has 5 heteroatoms. The van der Waals surface area contributed by atoms with Crippen LogP contribution in [-0.2, 0) is 24.2 Å². The van der Waals surface area contributed by atoms with E-state index in [4.69, 9.17) is 10.5 Å². The molecule has 22 heavy (non-hydrogen) atoms. The van der Waals surface area contributed by atoms with E-state index < -0.39 is 0 Å². The molecule has 116 valence electrons. The first-order chi connectivity index (χ1) is 10.6. The van der Waals surface area contributed by atoms with Crippen molar-refractivity contribution < 1.29 is 9.53 Å². The number of hydrogen-bond acceptors (Lipinski definition) is 5. The van der Waals surface area contributed by atoms with Crippen molar-refractivity contribution in [2.24, 2.45) is 0 Å². The summed E-state index contributed by atoms with van der Waals surface area (Å²) in [5.74, 6) is -0.317. The van der Waals surface area contributed by atoms with Gasteiger partial charge in [-0.25, -0.2) is 4.79 Å². The van der Waals surface area contributed by atoms with Gasteiger partial charge in [-0.15, -0.1) is 11.3 Å². The number of hydrogen-bond donors (Lipinski definition) is 1. The molecule has 0 aliphatic carbocycles. The summed E-state index contributed by atoms with van der Waals surface area (Å²) in [4.78, 5) is 15.5. The molecule has 1 aliphatic rings. The van der Waals surface area contributed by atoms with Crippen LogP contribution in [0.3, 0.4) is 0 Å². The van der Waals surface area contributed by atoms with Crippen LogP contribution in [0.15, 0.2) is 24.3 Å². The van der Waals surface area contributed by atoms with Gasteiger partial charge in [0.1, 0.15) is 5.00 Å². The Morgan fingerprint density at radius 1 is 1.41 bits per heavy atom. The number of rotatable bonds is 3. The maximum atomic E-state index is 11.9. The number of esters is 1. The molecule has 1 aliphatic heterocycles. The smallest absolute Gasteiger partial charge is 0.341 e. The quantitative estimate of drug-likeness (QED) is 0.885. The summed E-state index contributed by atoms with van der Waals surface area (Å²) in [6.07, 6.45) is 0.847. The molecule has 0 amide bonds. The summed E-state index contributed by atoms with van der Waals surface area (Å²) < 4.78 is 4.85. The highest BCUT2D eigenvalue weighted by Gasteiger charge is 2.27. The van der Waals surface area contributed by atoms with Crippen molar-refractivity contribution in [3.05, 3.63) is 51.4 Å². The van der Waals surface area contributed by atoms with Crippen molar-refractivity contribution >= 4 is 22.3 Å². The lowest BCUT2D eigenvalue weighted by molar-refractivity contribution is 0.0600. The van der Waals surface area contributed by atoms with E-state index in [1.807, 2.05) is 0 Å². The minimum absolute atomic E-state index is 0.317. The Balaban J connectivity index is 1.80. The van der Waals surface area contributed by atoms with E-state index in [-0.39, 0.29) is 5.97 Å². The SMILES string of the molecule is COC(=O)c1c(N)sc2c1CCN(Cc1ccccc1C)C2. The Hall–Kier alpha value is -1.85. The van der Waals surface area contributed by atoms with Crippen LogP contribution in [0.1, 0.15) is 31.9 Å². The first kappa shape index (κ1) is 15.1. The number of nitrogens with zero attached hydrogens (tertiary/aromatic N) is 1. The monoisotopic (exact) mass is 316 g/mol. The van der Waals surface area contributed by atoms with E-state index in [1.54, 1.807) is 0 Å². The van der Waals surface area contributed by atoms with Crippen LogP contribution in [0.2, 0.25) is 0 Å². The number of fused-ring (bicyclic) bond motifs is 1. The van der Waals surface area contributed by atoms with Crippen molar-refractivity contribution in [2.45, 2.75) is 26.4 Å². The first-order valence-electron chi connectivity index (χ1n) is 7.35. The largest absolute Gasteiger partial charge is 0.465 e. The van der Waals surface area contributed by atoms with Crippen molar-refractivity contribution in [3.63, 3.8) is 0 Å². The number of methoxy groups -OCH3 is 1. The van der Waals surface area contributed by atoms with E-state index in [9.17, 15) is 4.79 Å². The third-order valence-electron chi connectivity index (χ3n) is 4.21. The maximum Gasteiger partial charge on any atom is 0.341 e. The number of nitrogen functional groups attached to an aromatic ring is 1. The van der Waals surface area contributed by atoms with Gasteiger partial charge in [0.05, 0.1) is 12.7 Å². The fraction of sp³-hybridized carbons (Fsp3) is 0.353. The van der Waals surface area contributed by atoms with Crippen LogP contribution in [0.5, 0.6) is 0 Å². The average Bonchev–Trinajstić information content (AvgIpc) is 2.84. The van der Waals surface area contributed by atoms with Crippen LogP contribution >= 0.6 is 11.3 Å². The molecule has 2 heterocycles.